The Kier molecular flexibility index (Phi) is 3.47. The predicted molar refractivity (Wildman–Crippen MR) is 80.7 cm³/mol. The summed E-state index contributed by atoms with van der Waals surface area (Å²) in [4.78, 5) is 38.0. The standard InChI is InChI=1S/C15H14N2O3S/c1-9(18)14-13(10-4-2-3-5-11(10)21-14)15(20)17-7-6-16-12(19)8-17/h2-5H,6-8H2,1H3,(H,16,19). The molecule has 6 heteroatoms. The van der Waals surface area contributed by atoms with Gasteiger partial charge in [-0.15, -0.1) is 11.3 Å². The highest BCUT2D eigenvalue weighted by Gasteiger charge is 2.28. The third kappa shape index (κ3) is 2.42. The van der Waals surface area contributed by atoms with E-state index in [-0.39, 0.29) is 24.1 Å². The van der Waals surface area contributed by atoms with Crippen molar-refractivity contribution < 1.29 is 14.4 Å². The maximum Gasteiger partial charge on any atom is 0.256 e. The van der Waals surface area contributed by atoms with Crippen molar-refractivity contribution in [3.63, 3.8) is 0 Å². The van der Waals surface area contributed by atoms with Gasteiger partial charge in [0.05, 0.1) is 17.0 Å². The van der Waals surface area contributed by atoms with Crippen molar-refractivity contribution in [1.29, 1.82) is 0 Å². The van der Waals surface area contributed by atoms with E-state index in [1.54, 1.807) is 0 Å². The van der Waals surface area contributed by atoms with Gasteiger partial charge in [0.15, 0.2) is 5.78 Å². The highest BCUT2D eigenvalue weighted by atomic mass is 32.1. The molecule has 2 heterocycles. The maximum absolute atomic E-state index is 12.7. The molecule has 1 aromatic heterocycles. The summed E-state index contributed by atoms with van der Waals surface area (Å²) in [5, 5.41) is 3.47. The number of hydrogen-bond donors (Lipinski definition) is 1. The van der Waals surface area contributed by atoms with E-state index in [1.807, 2.05) is 24.3 Å². The van der Waals surface area contributed by atoms with E-state index < -0.39 is 0 Å². The lowest BCUT2D eigenvalue weighted by atomic mass is 10.1. The summed E-state index contributed by atoms with van der Waals surface area (Å²) in [6, 6.07) is 7.46. The molecule has 0 spiro atoms. The minimum absolute atomic E-state index is 0.0420. The van der Waals surface area contributed by atoms with E-state index >= 15 is 0 Å². The van der Waals surface area contributed by atoms with Crippen molar-refractivity contribution in [1.82, 2.24) is 10.2 Å². The number of rotatable bonds is 2. The zero-order chi connectivity index (χ0) is 15.0. The van der Waals surface area contributed by atoms with Crippen molar-refractivity contribution in [3.05, 3.63) is 34.7 Å². The molecule has 0 radical (unpaired) electrons. The van der Waals surface area contributed by atoms with Crippen LogP contribution >= 0.6 is 11.3 Å². The van der Waals surface area contributed by atoms with Crippen LogP contribution in [-0.4, -0.2) is 42.1 Å². The molecule has 1 aliphatic rings. The lowest BCUT2D eigenvalue weighted by Gasteiger charge is -2.26. The number of amides is 2. The Bertz CT molecular complexity index is 750. The third-order valence-electron chi connectivity index (χ3n) is 3.45. The van der Waals surface area contributed by atoms with E-state index in [2.05, 4.69) is 5.32 Å². The summed E-state index contributed by atoms with van der Waals surface area (Å²) in [6.45, 7) is 2.42. The smallest absolute Gasteiger partial charge is 0.256 e. The van der Waals surface area contributed by atoms with Gasteiger partial charge in [-0.2, -0.15) is 0 Å². The van der Waals surface area contributed by atoms with Crippen molar-refractivity contribution in [3.8, 4) is 0 Å². The van der Waals surface area contributed by atoms with Crippen molar-refractivity contribution in [2.24, 2.45) is 0 Å². The van der Waals surface area contributed by atoms with Crippen molar-refractivity contribution >= 4 is 39.0 Å². The van der Waals surface area contributed by atoms with Gasteiger partial charge in [-0.05, 0) is 13.0 Å². The van der Waals surface area contributed by atoms with Crippen LogP contribution in [0, 0.1) is 0 Å². The SMILES string of the molecule is CC(=O)c1sc2ccccc2c1C(=O)N1CCNC(=O)C1. The van der Waals surface area contributed by atoms with Gasteiger partial charge >= 0.3 is 0 Å². The van der Waals surface area contributed by atoms with Crippen molar-refractivity contribution in [2.75, 3.05) is 19.6 Å². The molecule has 0 bridgehead atoms. The number of thiophene rings is 1. The van der Waals surface area contributed by atoms with Crippen LogP contribution in [0.4, 0.5) is 0 Å². The molecule has 21 heavy (non-hydrogen) atoms. The zero-order valence-electron chi connectivity index (χ0n) is 11.5. The Morgan fingerprint density at radius 3 is 2.76 bits per heavy atom. The van der Waals surface area contributed by atoms with E-state index in [4.69, 9.17) is 0 Å². The highest BCUT2D eigenvalue weighted by molar-refractivity contribution is 7.21. The summed E-state index contributed by atoms with van der Waals surface area (Å²) in [5.41, 5.74) is 0.429. The number of nitrogens with zero attached hydrogens (tertiary/aromatic N) is 1. The quantitative estimate of drug-likeness (QED) is 0.858. The molecule has 2 amide bonds. The Hall–Kier alpha value is -2.21. The van der Waals surface area contributed by atoms with Gasteiger partial charge in [0, 0.05) is 23.2 Å². The van der Waals surface area contributed by atoms with Gasteiger partial charge in [0.2, 0.25) is 5.91 Å². The minimum atomic E-state index is -0.243. The number of hydrogen-bond acceptors (Lipinski definition) is 4. The molecule has 108 valence electrons. The lowest BCUT2D eigenvalue weighted by Crippen LogP contribution is -2.50. The molecule has 0 unspecified atom stereocenters. The van der Waals surface area contributed by atoms with Crippen molar-refractivity contribution in [2.45, 2.75) is 6.92 Å². The molecule has 1 saturated heterocycles. The van der Waals surface area contributed by atoms with Gasteiger partial charge < -0.3 is 10.2 Å². The fraction of sp³-hybridized carbons (Fsp3) is 0.267. The van der Waals surface area contributed by atoms with E-state index in [0.717, 1.165) is 10.1 Å². The topological polar surface area (TPSA) is 66.5 Å². The molecule has 0 aliphatic carbocycles. The number of ketones is 1. The molecule has 1 aliphatic heterocycles. The molecule has 3 rings (SSSR count). The number of carbonyl (C=O) groups is 3. The Labute approximate surface area is 125 Å². The first-order valence-electron chi connectivity index (χ1n) is 6.66. The molecular weight excluding hydrogens is 288 g/mol. The minimum Gasteiger partial charge on any atom is -0.353 e. The Morgan fingerprint density at radius 1 is 1.29 bits per heavy atom. The fourth-order valence-corrected chi connectivity index (χ4v) is 3.57. The average Bonchev–Trinajstić information content (AvgIpc) is 2.86. The van der Waals surface area contributed by atoms with Gasteiger partial charge in [0.25, 0.3) is 5.91 Å². The van der Waals surface area contributed by atoms with Crippen LogP contribution in [0.15, 0.2) is 24.3 Å². The number of benzene rings is 1. The van der Waals surface area contributed by atoms with Gasteiger partial charge in [-0.25, -0.2) is 0 Å². The number of carbonyl (C=O) groups excluding carboxylic acids is 3. The normalized spacial score (nSPS) is 15.1. The molecule has 0 atom stereocenters. The molecule has 5 nitrogen and oxygen atoms in total. The van der Waals surface area contributed by atoms with Crippen LogP contribution in [0.5, 0.6) is 0 Å². The summed E-state index contributed by atoms with van der Waals surface area (Å²) in [6.07, 6.45) is 0. The van der Waals surface area contributed by atoms with Crippen LogP contribution in [0.3, 0.4) is 0 Å². The first-order valence-corrected chi connectivity index (χ1v) is 7.48. The van der Waals surface area contributed by atoms with Crippen LogP contribution < -0.4 is 5.32 Å². The van der Waals surface area contributed by atoms with Crippen LogP contribution in [0.2, 0.25) is 0 Å². The second-order valence-corrected chi connectivity index (χ2v) is 5.99. The number of Topliss-reactive ketones (excluding diaryl/α,β-unsaturated/α-hetero) is 1. The molecule has 2 aromatic rings. The van der Waals surface area contributed by atoms with E-state index in [9.17, 15) is 14.4 Å². The summed E-state index contributed by atoms with van der Waals surface area (Å²) >= 11 is 1.33. The summed E-state index contributed by atoms with van der Waals surface area (Å²) in [7, 11) is 0. The summed E-state index contributed by atoms with van der Waals surface area (Å²) in [5.74, 6) is -0.535. The van der Waals surface area contributed by atoms with Gasteiger partial charge in [-0.3, -0.25) is 14.4 Å². The largest absolute Gasteiger partial charge is 0.353 e. The maximum atomic E-state index is 12.7. The van der Waals surface area contributed by atoms with Crippen LogP contribution in [-0.2, 0) is 4.79 Å². The van der Waals surface area contributed by atoms with Gasteiger partial charge in [-0.1, -0.05) is 18.2 Å². The highest BCUT2D eigenvalue weighted by Crippen LogP contribution is 2.32. The molecule has 1 fully saturated rings. The first kappa shape index (κ1) is 13.8. The number of piperazine rings is 1. The van der Waals surface area contributed by atoms with Crippen LogP contribution in [0.1, 0.15) is 27.0 Å². The lowest BCUT2D eigenvalue weighted by molar-refractivity contribution is -0.123. The predicted octanol–water partition coefficient (Wildman–Crippen LogP) is 1.68. The molecule has 1 aromatic carbocycles. The Balaban J connectivity index is 2.09. The number of fused-ring (bicyclic) bond motifs is 1. The zero-order valence-corrected chi connectivity index (χ0v) is 12.3. The van der Waals surface area contributed by atoms with E-state index in [0.29, 0.717) is 23.5 Å². The Morgan fingerprint density at radius 2 is 2.05 bits per heavy atom. The molecular formula is C15H14N2O3S. The first-order chi connectivity index (χ1) is 10.1. The second kappa shape index (κ2) is 5.29. The fourth-order valence-electron chi connectivity index (χ4n) is 2.48. The van der Waals surface area contributed by atoms with Crippen LogP contribution in [0.25, 0.3) is 10.1 Å². The monoisotopic (exact) mass is 302 g/mol. The molecule has 1 N–H and O–H groups in total. The van der Waals surface area contributed by atoms with E-state index in [1.165, 1.54) is 23.2 Å². The van der Waals surface area contributed by atoms with Gasteiger partial charge in [0.1, 0.15) is 0 Å². The molecule has 0 saturated carbocycles. The summed E-state index contributed by atoms with van der Waals surface area (Å²) < 4.78 is 0.910. The average molecular weight is 302 g/mol. The number of nitrogens with one attached hydrogen (secondary N) is 1. The second-order valence-electron chi connectivity index (χ2n) is 4.94. The third-order valence-corrected chi connectivity index (χ3v) is 4.73.